The molecule has 0 bridgehead atoms. The van der Waals surface area contributed by atoms with E-state index in [9.17, 15) is 14.4 Å². The van der Waals surface area contributed by atoms with Crippen LogP contribution in [0.2, 0.25) is 5.02 Å². The summed E-state index contributed by atoms with van der Waals surface area (Å²) in [7, 11) is 1.40. The molecule has 2 atom stereocenters. The van der Waals surface area contributed by atoms with E-state index in [1.165, 1.54) is 19.2 Å². The maximum absolute atomic E-state index is 16.3. The van der Waals surface area contributed by atoms with Crippen molar-refractivity contribution in [3.8, 4) is 5.75 Å². The van der Waals surface area contributed by atoms with Crippen LogP contribution in [0.5, 0.6) is 5.75 Å². The Morgan fingerprint density at radius 2 is 1.75 bits per heavy atom. The number of hydrogen-bond donors (Lipinski definition) is 3. The minimum absolute atomic E-state index is 0.282. The Bertz CT molecular complexity index is 1060. The molecule has 196 valence electrons. The van der Waals surface area contributed by atoms with Crippen molar-refractivity contribution in [3.05, 3.63) is 64.7 Å². The van der Waals surface area contributed by atoms with Crippen LogP contribution in [0.15, 0.2) is 48.5 Å². The van der Waals surface area contributed by atoms with Gasteiger partial charge in [0.1, 0.15) is 11.4 Å². The molecule has 2 aromatic rings. The molecule has 0 spiro atoms. The summed E-state index contributed by atoms with van der Waals surface area (Å²) in [6.07, 6.45) is -0.886. The molecule has 3 N–H and O–H groups in total. The van der Waals surface area contributed by atoms with E-state index in [-0.39, 0.29) is 11.6 Å². The Labute approximate surface area is 215 Å². The van der Waals surface area contributed by atoms with Crippen LogP contribution in [0, 0.1) is 0 Å². The van der Waals surface area contributed by atoms with Gasteiger partial charge in [-0.1, -0.05) is 48.9 Å². The second-order valence-electron chi connectivity index (χ2n) is 9.25. The van der Waals surface area contributed by atoms with E-state index < -0.39 is 42.3 Å². The van der Waals surface area contributed by atoms with Crippen LogP contribution in [0.3, 0.4) is 0 Å². The molecule has 1 unspecified atom stereocenters. The molecule has 0 aliphatic heterocycles. The molecule has 0 fully saturated rings. The lowest BCUT2D eigenvalue weighted by atomic mass is 9.94. The summed E-state index contributed by atoms with van der Waals surface area (Å²) in [5.74, 6) is -0.938. The van der Waals surface area contributed by atoms with Crippen molar-refractivity contribution in [3.63, 3.8) is 0 Å². The second kappa shape index (κ2) is 12.6. The minimum Gasteiger partial charge on any atom is -0.496 e. The monoisotopic (exact) mass is 521 g/mol. The summed E-state index contributed by atoms with van der Waals surface area (Å²) < 4.78 is 26.7. The van der Waals surface area contributed by atoms with Gasteiger partial charge in [0.05, 0.1) is 19.7 Å². The fourth-order valence-corrected chi connectivity index (χ4v) is 3.65. The third kappa shape index (κ3) is 8.71. The topological polar surface area (TPSA) is 106 Å². The van der Waals surface area contributed by atoms with Crippen LogP contribution >= 0.6 is 11.6 Å². The molecule has 0 aliphatic carbocycles. The van der Waals surface area contributed by atoms with Gasteiger partial charge >= 0.3 is 12.1 Å². The SMILES string of the molecule is CC[C@@H](NC(=O)NC(=O)C(F)(CNC(=O)OC(C)(C)C)Cc1cc(Cl)ccc1OC)c1ccccc1. The molecule has 0 aromatic heterocycles. The van der Waals surface area contributed by atoms with Gasteiger partial charge in [-0.15, -0.1) is 0 Å². The van der Waals surface area contributed by atoms with Crippen molar-refractivity contribution in [2.45, 2.75) is 57.8 Å². The standard InChI is InChI=1S/C26H33ClFN3O5/c1-6-20(17-10-8-7-9-11-17)30-23(33)31-22(32)26(28,16-29-24(34)36-25(2,3)4)15-18-14-19(27)12-13-21(18)35-5/h7-14,20H,6,15-16H2,1-5H3,(H,29,34)(H2,30,31,32,33)/t20-,26?/m1/s1. The van der Waals surface area contributed by atoms with E-state index >= 15 is 4.39 Å². The number of benzene rings is 2. The lowest BCUT2D eigenvalue weighted by Crippen LogP contribution is -2.56. The number of halogens is 2. The number of alkyl halides is 1. The number of amides is 4. The van der Waals surface area contributed by atoms with Crippen molar-refractivity contribution < 1.29 is 28.2 Å². The highest BCUT2D eigenvalue weighted by molar-refractivity contribution is 6.30. The normalized spacial score (nSPS) is 13.6. The number of rotatable bonds is 9. The number of hydrogen-bond acceptors (Lipinski definition) is 5. The van der Waals surface area contributed by atoms with Crippen LogP contribution in [0.1, 0.15) is 51.3 Å². The van der Waals surface area contributed by atoms with Crippen molar-refractivity contribution >= 4 is 29.6 Å². The minimum atomic E-state index is -2.74. The highest BCUT2D eigenvalue weighted by Gasteiger charge is 2.41. The zero-order chi connectivity index (χ0) is 26.9. The van der Waals surface area contributed by atoms with Crippen molar-refractivity contribution in [1.29, 1.82) is 0 Å². The van der Waals surface area contributed by atoms with Crippen LogP contribution < -0.4 is 20.7 Å². The zero-order valence-electron chi connectivity index (χ0n) is 21.1. The number of methoxy groups -OCH3 is 1. The van der Waals surface area contributed by atoms with Gasteiger partial charge in [0.15, 0.2) is 0 Å². The van der Waals surface area contributed by atoms with Crippen molar-refractivity contribution in [2.24, 2.45) is 0 Å². The van der Waals surface area contributed by atoms with E-state index in [2.05, 4.69) is 16.0 Å². The highest BCUT2D eigenvalue weighted by atomic mass is 35.5. The predicted molar refractivity (Wildman–Crippen MR) is 136 cm³/mol. The lowest BCUT2D eigenvalue weighted by molar-refractivity contribution is -0.131. The average molecular weight is 522 g/mol. The molecule has 2 rings (SSSR count). The number of ether oxygens (including phenoxy) is 2. The number of imide groups is 1. The second-order valence-corrected chi connectivity index (χ2v) is 9.69. The summed E-state index contributed by atoms with van der Waals surface area (Å²) in [6, 6.07) is 12.5. The number of carbonyl (C=O) groups is 3. The number of carbonyl (C=O) groups excluding carboxylic acids is 3. The van der Waals surface area contributed by atoms with Gasteiger partial charge in [0.25, 0.3) is 5.91 Å². The fourth-order valence-electron chi connectivity index (χ4n) is 3.45. The van der Waals surface area contributed by atoms with Gasteiger partial charge in [0.2, 0.25) is 5.67 Å². The molecule has 0 radical (unpaired) electrons. The first-order valence-electron chi connectivity index (χ1n) is 11.5. The third-order valence-electron chi connectivity index (χ3n) is 5.17. The van der Waals surface area contributed by atoms with Crippen LogP contribution in [0.25, 0.3) is 0 Å². The van der Waals surface area contributed by atoms with Crippen molar-refractivity contribution in [2.75, 3.05) is 13.7 Å². The number of urea groups is 1. The van der Waals surface area contributed by atoms with Crippen molar-refractivity contribution in [1.82, 2.24) is 16.0 Å². The number of alkyl carbamates (subject to hydrolysis) is 1. The van der Waals surface area contributed by atoms with E-state index in [0.717, 1.165) is 5.56 Å². The smallest absolute Gasteiger partial charge is 0.407 e. The van der Waals surface area contributed by atoms with Crippen LogP contribution in [0.4, 0.5) is 14.0 Å². The van der Waals surface area contributed by atoms with E-state index in [0.29, 0.717) is 17.2 Å². The molecule has 0 aliphatic rings. The molecular formula is C26H33ClFN3O5. The summed E-state index contributed by atoms with van der Waals surface area (Å²) in [5.41, 5.74) is -2.44. The Morgan fingerprint density at radius 1 is 1.08 bits per heavy atom. The molecular weight excluding hydrogens is 489 g/mol. The lowest BCUT2D eigenvalue weighted by Gasteiger charge is -2.27. The maximum atomic E-state index is 16.3. The van der Waals surface area contributed by atoms with Gasteiger partial charge in [-0.2, -0.15) is 0 Å². The first kappa shape index (κ1) is 28.9. The number of nitrogens with one attached hydrogen (secondary N) is 3. The molecule has 2 aromatic carbocycles. The Morgan fingerprint density at radius 3 is 2.33 bits per heavy atom. The molecule has 36 heavy (non-hydrogen) atoms. The van der Waals surface area contributed by atoms with Gasteiger partial charge < -0.3 is 20.1 Å². The molecule has 0 saturated heterocycles. The first-order valence-corrected chi connectivity index (χ1v) is 11.9. The van der Waals surface area contributed by atoms with Gasteiger partial charge in [-0.05, 0) is 56.5 Å². The summed E-state index contributed by atoms with van der Waals surface area (Å²) in [6.45, 7) is 6.07. The predicted octanol–water partition coefficient (Wildman–Crippen LogP) is 5.10. The van der Waals surface area contributed by atoms with Crippen LogP contribution in [-0.2, 0) is 16.0 Å². The highest BCUT2D eigenvalue weighted by Crippen LogP contribution is 2.28. The quantitative estimate of drug-likeness (QED) is 0.425. The molecule has 0 heterocycles. The summed E-state index contributed by atoms with van der Waals surface area (Å²) in [5, 5.41) is 7.34. The van der Waals surface area contributed by atoms with Gasteiger partial charge in [0, 0.05) is 11.4 Å². The Hall–Kier alpha value is -3.33. The van der Waals surface area contributed by atoms with Gasteiger partial charge in [-0.25, -0.2) is 14.0 Å². The Kier molecular flexibility index (Phi) is 10.1. The van der Waals surface area contributed by atoms with E-state index in [4.69, 9.17) is 21.1 Å². The largest absolute Gasteiger partial charge is 0.496 e. The molecule has 0 saturated carbocycles. The molecule has 10 heteroatoms. The molecule has 8 nitrogen and oxygen atoms in total. The van der Waals surface area contributed by atoms with E-state index in [1.54, 1.807) is 26.8 Å². The maximum Gasteiger partial charge on any atom is 0.407 e. The summed E-state index contributed by atoms with van der Waals surface area (Å²) in [4.78, 5) is 37.9. The fraction of sp³-hybridized carbons (Fsp3) is 0.423. The first-order chi connectivity index (χ1) is 16.9. The van der Waals surface area contributed by atoms with Crippen LogP contribution in [-0.4, -0.2) is 43.0 Å². The molecule has 4 amide bonds. The third-order valence-corrected chi connectivity index (χ3v) is 5.41. The van der Waals surface area contributed by atoms with Gasteiger partial charge in [-0.3, -0.25) is 10.1 Å². The average Bonchev–Trinajstić information content (AvgIpc) is 2.81. The zero-order valence-corrected chi connectivity index (χ0v) is 21.9. The summed E-state index contributed by atoms with van der Waals surface area (Å²) >= 11 is 6.07. The Balaban J connectivity index is 2.23. The van der Waals surface area contributed by atoms with E-state index in [1.807, 2.05) is 37.3 Å².